The number of hydrogen-bond donors (Lipinski definition) is 4. The lowest BCUT2D eigenvalue weighted by Gasteiger charge is -2.16. The number of esters is 1. The molecule has 3 atom stereocenters. The molecule has 2 aromatic heterocycles. The highest BCUT2D eigenvalue weighted by molar-refractivity contribution is 7.46. The minimum absolute atomic E-state index is 0.130. The summed E-state index contributed by atoms with van der Waals surface area (Å²) in [5.74, 6) is -0.297. The molecule has 2 aromatic rings. The summed E-state index contributed by atoms with van der Waals surface area (Å²) in [6.45, 7) is 1.85. The van der Waals surface area contributed by atoms with Gasteiger partial charge in [-0.2, -0.15) is 0 Å². The number of nitrogen functional groups attached to an aromatic ring is 1. The molecule has 0 aliphatic carbocycles. The van der Waals surface area contributed by atoms with Gasteiger partial charge in [0.05, 0.1) is 24.7 Å². The topological polar surface area (TPSA) is 179 Å². The van der Waals surface area contributed by atoms with E-state index in [1.54, 1.807) is 10.8 Å². The molecule has 1 saturated heterocycles. The quantitative estimate of drug-likeness (QED) is 0.184. The largest absolute Gasteiger partial charge is 0.469 e. The first-order chi connectivity index (χ1) is 14.7. The summed E-state index contributed by atoms with van der Waals surface area (Å²) in [7, 11) is -4.69. The summed E-state index contributed by atoms with van der Waals surface area (Å²) >= 11 is 0. The Bertz CT molecular complexity index is 1000. The summed E-state index contributed by atoms with van der Waals surface area (Å²) < 4.78 is 27.8. The smallest absolute Gasteiger partial charge is 0.463 e. The number of ether oxygens (including phenoxy) is 2. The van der Waals surface area contributed by atoms with Crippen LogP contribution in [0.15, 0.2) is 18.6 Å². The molecule has 0 radical (unpaired) electrons. The number of carbonyl (C=O) groups is 1. The van der Waals surface area contributed by atoms with Gasteiger partial charge in [-0.05, 0) is 12.5 Å². The van der Waals surface area contributed by atoms with Gasteiger partial charge < -0.3 is 34.7 Å². The number of nitrogens with zero attached hydrogens (tertiary/aromatic N) is 3. The molecule has 3 rings (SSSR count). The fraction of sp³-hybridized carbons (Fsp3) is 0.500. The number of anilines is 1. The molecule has 1 aliphatic rings. The first-order valence-corrected chi connectivity index (χ1v) is 11.2. The van der Waals surface area contributed by atoms with Gasteiger partial charge in [-0.15, -0.1) is 0 Å². The van der Waals surface area contributed by atoms with Crippen molar-refractivity contribution in [1.29, 1.82) is 0 Å². The Labute approximate surface area is 177 Å². The molecule has 1 aliphatic heterocycles. The maximum absolute atomic E-state index is 11.9. The third-order valence-electron chi connectivity index (χ3n) is 4.73. The van der Waals surface area contributed by atoms with Crippen LogP contribution in [0.25, 0.3) is 17.1 Å². The predicted octanol–water partition coefficient (Wildman–Crippen LogP) is 1.13. The van der Waals surface area contributed by atoms with Crippen molar-refractivity contribution >= 4 is 36.7 Å². The van der Waals surface area contributed by atoms with Crippen LogP contribution in [0.3, 0.4) is 0 Å². The van der Waals surface area contributed by atoms with Crippen LogP contribution in [-0.2, 0) is 23.4 Å². The number of hydrogen-bond acceptors (Lipinski definition) is 9. The molecule has 0 unspecified atom stereocenters. The lowest BCUT2D eigenvalue weighted by atomic mass is 10.2. The van der Waals surface area contributed by atoms with Gasteiger partial charge in [-0.25, -0.2) is 19.3 Å². The van der Waals surface area contributed by atoms with Crippen LogP contribution in [0, 0.1) is 0 Å². The van der Waals surface area contributed by atoms with E-state index in [2.05, 4.69) is 14.5 Å². The molecular weight excluding hydrogens is 431 g/mol. The van der Waals surface area contributed by atoms with Crippen molar-refractivity contribution in [2.45, 2.75) is 44.6 Å². The zero-order valence-corrected chi connectivity index (χ0v) is 17.7. The van der Waals surface area contributed by atoms with Crippen molar-refractivity contribution in [2.75, 3.05) is 18.9 Å². The summed E-state index contributed by atoms with van der Waals surface area (Å²) in [6, 6.07) is 0. The number of phosphoric acid groups is 1. The van der Waals surface area contributed by atoms with Gasteiger partial charge in [0, 0.05) is 24.3 Å². The summed E-state index contributed by atoms with van der Waals surface area (Å²) in [5.41, 5.74) is 6.98. The lowest BCUT2D eigenvalue weighted by Crippen LogP contribution is -2.25. The Morgan fingerprint density at radius 3 is 2.94 bits per heavy atom. The fourth-order valence-electron chi connectivity index (χ4n) is 3.21. The monoisotopic (exact) mass is 456 g/mol. The molecule has 0 saturated carbocycles. The maximum atomic E-state index is 11.9. The van der Waals surface area contributed by atoms with Gasteiger partial charge in [0.15, 0.2) is 0 Å². The molecule has 170 valence electrons. The second-order valence-corrected chi connectivity index (χ2v) is 8.26. The van der Waals surface area contributed by atoms with Crippen LogP contribution in [0.2, 0.25) is 0 Å². The van der Waals surface area contributed by atoms with Gasteiger partial charge in [0.2, 0.25) is 0 Å². The van der Waals surface area contributed by atoms with E-state index in [4.69, 9.17) is 25.0 Å². The molecule has 0 bridgehead atoms. The van der Waals surface area contributed by atoms with Crippen LogP contribution in [-0.4, -0.2) is 60.8 Å². The number of aliphatic hydroxyl groups is 1. The molecule has 31 heavy (non-hydrogen) atoms. The number of phosphoric ester groups is 1. The zero-order valence-electron chi connectivity index (χ0n) is 16.8. The van der Waals surface area contributed by atoms with E-state index in [1.807, 2.05) is 6.92 Å². The minimum atomic E-state index is -4.69. The molecule has 0 amide bonds. The van der Waals surface area contributed by atoms with Crippen LogP contribution in [0.5, 0.6) is 0 Å². The third-order valence-corrected chi connectivity index (χ3v) is 5.22. The van der Waals surface area contributed by atoms with Crippen LogP contribution in [0.1, 0.15) is 38.0 Å². The van der Waals surface area contributed by atoms with Crippen LogP contribution in [0.4, 0.5) is 5.82 Å². The Hall–Kier alpha value is -2.34. The highest BCUT2D eigenvalue weighted by Crippen LogP contribution is 2.39. The molecular formula is C18H25N4O8P. The van der Waals surface area contributed by atoms with Crippen LogP contribution < -0.4 is 5.73 Å². The van der Waals surface area contributed by atoms with Crippen molar-refractivity contribution in [2.24, 2.45) is 0 Å². The zero-order chi connectivity index (χ0) is 22.6. The molecule has 0 aromatic carbocycles. The predicted molar refractivity (Wildman–Crippen MR) is 109 cm³/mol. The fourth-order valence-corrected chi connectivity index (χ4v) is 3.55. The van der Waals surface area contributed by atoms with Crippen molar-refractivity contribution in [3.05, 3.63) is 24.2 Å². The van der Waals surface area contributed by atoms with E-state index in [1.165, 1.54) is 18.5 Å². The average molecular weight is 456 g/mol. The molecule has 0 spiro atoms. The van der Waals surface area contributed by atoms with Crippen LogP contribution >= 0.6 is 7.82 Å². The van der Waals surface area contributed by atoms with Gasteiger partial charge in [-0.1, -0.05) is 13.3 Å². The summed E-state index contributed by atoms with van der Waals surface area (Å²) in [4.78, 5) is 37.9. The first-order valence-electron chi connectivity index (χ1n) is 9.69. The van der Waals surface area contributed by atoms with Gasteiger partial charge in [0.25, 0.3) is 0 Å². The highest BCUT2D eigenvalue weighted by atomic mass is 31.2. The van der Waals surface area contributed by atoms with E-state index in [9.17, 15) is 14.5 Å². The molecule has 3 heterocycles. The van der Waals surface area contributed by atoms with Crippen molar-refractivity contribution < 1.29 is 38.3 Å². The van der Waals surface area contributed by atoms with Crippen molar-refractivity contribution in [3.63, 3.8) is 0 Å². The molecule has 5 N–H and O–H groups in total. The van der Waals surface area contributed by atoms with E-state index in [0.717, 1.165) is 12.8 Å². The minimum Gasteiger partial charge on any atom is -0.463 e. The number of carbonyl (C=O) groups excluding carboxylic acids is 1. The Morgan fingerprint density at radius 2 is 2.23 bits per heavy atom. The van der Waals surface area contributed by atoms with E-state index in [-0.39, 0.29) is 12.2 Å². The lowest BCUT2D eigenvalue weighted by molar-refractivity contribution is -0.137. The van der Waals surface area contributed by atoms with E-state index in [0.29, 0.717) is 23.2 Å². The Morgan fingerprint density at radius 1 is 1.45 bits per heavy atom. The number of unbranched alkanes of at least 4 members (excludes halogenated alkanes) is 1. The highest BCUT2D eigenvalue weighted by Gasteiger charge is 2.37. The average Bonchev–Trinajstić information content (AvgIpc) is 3.25. The number of nitrogens with two attached hydrogens (primary N) is 1. The Kier molecular flexibility index (Phi) is 7.42. The van der Waals surface area contributed by atoms with Gasteiger partial charge in [-0.3, -0.25) is 4.52 Å². The van der Waals surface area contributed by atoms with Gasteiger partial charge >= 0.3 is 13.8 Å². The molecule has 1 fully saturated rings. The maximum Gasteiger partial charge on any atom is 0.469 e. The second kappa shape index (κ2) is 9.86. The number of fused-ring (bicyclic) bond motifs is 1. The number of aromatic nitrogens is 3. The van der Waals surface area contributed by atoms with Crippen molar-refractivity contribution in [3.8, 4) is 0 Å². The molecule has 13 heteroatoms. The third kappa shape index (κ3) is 5.88. The second-order valence-electron chi connectivity index (χ2n) is 7.02. The SMILES string of the molecule is CCCCOC(=O)/C=C/c1cn([C@H]2C[C@H](O)[C@@H](COP(=O)(O)O)O2)c2ncnc(N)c12. The summed E-state index contributed by atoms with van der Waals surface area (Å²) in [6.07, 6.45) is 4.90. The Balaban J connectivity index is 1.83. The van der Waals surface area contributed by atoms with Gasteiger partial charge in [0.1, 0.15) is 30.1 Å². The van der Waals surface area contributed by atoms with E-state index >= 15 is 0 Å². The molecule has 12 nitrogen and oxygen atoms in total. The first kappa shape index (κ1) is 23.3. The normalized spacial score (nSPS) is 21.9. The standard InChI is InChI=1S/C18H25N4O8P/c1-2-3-6-28-15(24)5-4-11-8-22(18-16(11)17(19)20-10-21-18)14-7-12(23)13(30-14)9-29-31(25,26)27/h4-5,8,10,12-14,23H,2-3,6-7,9H2,1H3,(H2,19,20,21)(H2,25,26,27)/b5-4+/t12-,13+,14+/m0/s1. The number of aliphatic hydroxyl groups excluding tert-OH is 1. The van der Waals surface area contributed by atoms with E-state index < -0.39 is 38.8 Å². The number of rotatable bonds is 9. The van der Waals surface area contributed by atoms with Crippen molar-refractivity contribution in [1.82, 2.24) is 14.5 Å². The summed E-state index contributed by atoms with van der Waals surface area (Å²) in [5, 5.41) is 10.7.